The number of phenolic OH excluding ortho intramolecular Hbond substituents is 2. The first-order valence-corrected chi connectivity index (χ1v) is 4.43. The van der Waals surface area contributed by atoms with Gasteiger partial charge in [-0.3, -0.25) is 0 Å². The number of rotatable bonds is 3. The number of aliphatic hydroxyl groups is 2. The fourth-order valence-electron chi connectivity index (χ4n) is 1.32. The molecule has 0 heterocycles. The minimum absolute atomic E-state index is 0.0428. The third-order valence-electron chi connectivity index (χ3n) is 2.06. The van der Waals surface area contributed by atoms with E-state index in [4.69, 9.17) is 4.74 Å². The Hall–Kier alpha value is -1.46. The molecule has 0 saturated heterocycles. The van der Waals surface area contributed by atoms with Crippen LogP contribution in [0.15, 0.2) is 12.1 Å². The molecule has 0 unspecified atom stereocenters. The Labute approximate surface area is 87.2 Å². The highest BCUT2D eigenvalue weighted by Crippen LogP contribution is 2.38. The van der Waals surface area contributed by atoms with Crippen molar-refractivity contribution in [2.24, 2.45) is 0 Å². The number of phenols is 2. The smallest absolute Gasteiger partial charge is 0.166 e. The molecule has 0 aliphatic rings. The van der Waals surface area contributed by atoms with Gasteiger partial charge in [0.2, 0.25) is 0 Å². The number of ether oxygens (including phenoxy) is 1. The molecular formula is C10H14O5. The molecule has 0 radical (unpaired) electrons. The Morgan fingerprint density at radius 3 is 2.27 bits per heavy atom. The number of aromatic hydroxyl groups is 2. The Morgan fingerprint density at radius 1 is 1.20 bits per heavy atom. The van der Waals surface area contributed by atoms with Crippen LogP contribution in [0.4, 0.5) is 0 Å². The Kier molecular flexibility index (Phi) is 3.39. The van der Waals surface area contributed by atoms with E-state index in [9.17, 15) is 20.4 Å². The van der Waals surface area contributed by atoms with Crippen molar-refractivity contribution in [1.29, 1.82) is 0 Å². The molecule has 0 aromatic heterocycles. The Balaban J connectivity index is 3.26. The molecule has 0 bridgehead atoms. The summed E-state index contributed by atoms with van der Waals surface area (Å²) in [5.74, 6) is -0.448. The second kappa shape index (κ2) is 4.37. The van der Waals surface area contributed by atoms with Gasteiger partial charge in [-0.2, -0.15) is 0 Å². The van der Waals surface area contributed by atoms with Crippen LogP contribution in [-0.2, 0) is 0 Å². The third kappa shape index (κ3) is 2.31. The summed E-state index contributed by atoms with van der Waals surface area (Å²) in [6.07, 6.45) is -2.25. The molecule has 0 fully saturated rings. The number of hydrogen-bond acceptors (Lipinski definition) is 5. The van der Waals surface area contributed by atoms with Crippen LogP contribution in [0.2, 0.25) is 0 Å². The molecule has 5 nitrogen and oxygen atoms in total. The summed E-state index contributed by atoms with van der Waals surface area (Å²) in [5.41, 5.74) is 0.144. The Morgan fingerprint density at radius 2 is 1.80 bits per heavy atom. The molecule has 4 N–H and O–H groups in total. The van der Waals surface area contributed by atoms with Crippen molar-refractivity contribution in [2.45, 2.75) is 19.1 Å². The molecule has 1 rings (SSSR count). The van der Waals surface area contributed by atoms with Gasteiger partial charge in [0, 0.05) is 11.6 Å². The fraction of sp³-hybridized carbons (Fsp3) is 0.400. The van der Waals surface area contributed by atoms with Crippen LogP contribution in [0.1, 0.15) is 18.6 Å². The van der Waals surface area contributed by atoms with Gasteiger partial charge in [-0.1, -0.05) is 0 Å². The zero-order valence-corrected chi connectivity index (χ0v) is 8.51. The second-order valence-electron chi connectivity index (χ2n) is 3.27. The molecule has 2 atom stereocenters. The van der Waals surface area contributed by atoms with Crippen LogP contribution in [0.5, 0.6) is 17.2 Å². The Bertz CT molecular complexity index is 348. The molecule has 0 amide bonds. The normalized spacial score (nSPS) is 14.7. The minimum atomic E-state index is -1.22. The second-order valence-corrected chi connectivity index (χ2v) is 3.27. The predicted molar refractivity (Wildman–Crippen MR) is 53.0 cm³/mol. The molecular weight excluding hydrogens is 200 g/mol. The van der Waals surface area contributed by atoms with Gasteiger partial charge in [0.1, 0.15) is 11.9 Å². The van der Waals surface area contributed by atoms with Crippen molar-refractivity contribution in [3.05, 3.63) is 17.7 Å². The van der Waals surface area contributed by atoms with Crippen molar-refractivity contribution in [2.75, 3.05) is 7.11 Å². The highest BCUT2D eigenvalue weighted by molar-refractivity contribution is 5.51. The van der Waals surface area contributed by atoms with E-state index in [1.165, 1.54) is 20.1 Å². The van der Waals surface area contributed by atoms with Gasteiger partial charge in [-0.05, 0) is 13.0 Å². The monoisotopic (exact) mass is 214 g/mol. The molecule has 0 aliphatic carbocycles. The van der Waals surface area contributed by atoms with Gasteiger partial charge < -0.3 is 25.2 Å². The van der Waals surface area contributed by atoms with Gasteiger partial charge in [0.05, 0.1) is 13.2 Å². The first-order valence-electron chi connectivity index (χ1n) is 4.43. The van der Waals surface area contributed by atoms with E-state index in [2.05, 4.69) is 0 Å². The number of benzene rings is 1. The van der Waals surface area contributed by atoms with E-state index in [1.54, 1.807) is 0 Å². The molecule has 0 saturated carbocycles. The molecule has 15 heavy (non-hydrogen) atoms. The molecule has 1 aromatic carbocycles. The van der Waals surface area contributed by atoms with Crippen molar-refractivity contribution >= 4 is 0 Å². The summed E-state index contributed by atoms with van der Waals surface area (Å²) >= 11 is 0. The summed E-state index contributed by atoms with van der Waals surface area (Å²) in [6, 6.07) is 2.33. The lowest BCUT2D eigenvalue weighted by Crippen LogP contribution is -2.14. The van der Waals surface area contributed by atoms with Crippen molar-refractivity contribution < 1.29 is 25.2 Å². The summed E-state index contributed by atoms with van der Waals surface area (Å²) in [7, 11) is 1.32. The van der Waals surface area contributed by atoms with E-state index in [0.717, 1.165) is 6.07 Å². The van der Waals surface area contributed by atoms with Crippen molar-refractivity contribution in [3.8, 4) is 17.2 Å². The molecule has 0 spiro atoms. The van der Waals surface area contributed by atoms with Crippen LogP contribution >= 0.6 is 0 Å². The highest BCUT2D eigenvalue weighted by Gasteiger charge is 2.21. The van der Waals surface area contributed by atoms with Gasteiger partial charge in [-0.25, -0.2) is 0 Å². The fourth-order valence-corrected chi connectivity index (χ4v) is 1.32. The number of methoxy groups -OCH3 is 1. The van der Waals surface area contributed by atoms with Gasteiger partial charge >= 0.3 is 0 Å². The van der Waals surface area contributed by atoms with Crippen LogP contribution in [0.3, 0.4) is 0 Å². The maximum atomic E-state index is 9.61. The van der Waals surface area contributed by atoms with Crippen LogP contribution in [0, 0.1) is 0 Å². The topological polar surface area (TPSA) is 90.2 Å². The zero-order valence-electron chi connectivity index (χ0n) is 8.51. The first kappa shape index (κ1) is 11.6. The van der Waals surface area contributed by atoms with E-state index in [-0.39, 0.29) is 22.8 Å². The first-order chi connectivity index (χ1) is 6.97. The van der Waals surface area contributed by atoms with E-state index in [1.807, 2.05) is 0 Å². The SMILES string of the molecule is COc1c(O)cc(O)cc1[C@@H](O)[C@@H](C)O. The largest absolute Gasteiger partial charge is 0.508 e. The lowest BCUT2D eigenvalue weighted by Gasteiger charge is -2.18. The lowest BCUT2D eigenvalue weighted by molar-refractivity contribution is 0.0287. The quantitative estimate of drug-likeness (QED) is 0.589. The number of hydrogen-bond donors (Lipinski definition) is 4. The average molecular weight is 214 g/mol. The molecule has 5 heteroatoms. The molecule has 0 aliphatic heterocycles. The van der Waals surface area contributed by atoms with Crippen molar-refractivity contribution in [3.63, 3.8) is 0 Å². The standard InChI is InChI=1S/C10H14O5/c1-5(11)9(14)7-3-6(12)4-8(13)10(7)15-2/h3-5,9,11-14H,1-2H3/t5-,9+/m1/s1. The molecule has 84 valence electrons. The van der Waals surface area contributed by atoms with Crippen LogP contribution in [-0.4, -0.2) is 33.6 Å². The highest BCUT2D eigenvalue weighted by atomic mass is 16.5. The minimum Gasteiger partial charge on any atom is -0.508 e. The maximum absolute atomic E-state index is 9.61. The van der Waals surface area contributed by atoms with Crippen molar-refractivity contribution in [1.82, 2.24) is 0 Å². The summed E-state index contributed by atoms with van der Waals surface area (Å²) in [6.45, 7) is 1.39. The van der Waals surface area contributed by atoms with Gasteiger partial charge in [0.25, 0.3) is 0 Å². The van der Waals surface area contributed by atoms with E-state index < -0.39 is 12.2 Å². The van der Waals surface area contributed by atoms with Gasteiger partial charge in [0.15, 0.2) is 11.5 Å². The molecule has 1 aromatic rings. The van der Waals surface area contributed by atoms with Gasteiger partial charge in [-0.15, -0.1) is 0 Å². The summed E-state index contributed by atoms with van der Waals surface area (Å²) < 4.78 is 4.87. The van der Waals surface area contributed by atoms with Crippen LogP contribution < -0.4 is 4.74 Å². The van der Waals surface area contributed by atoms with E-state index in [0.29, 0.717) is 0 Å². The third-order valence-corrected chi connectivity index (χ3v) is 2.06. The van der Waals surface area contributed by atoms with E-state index >= 15 is 0 Å². The number of aliphatic hydroxyl groups excluding tert-OH is 2. The maximum Gasteiger partial charge on any atom is 0.166 e. The summed E-state index contributed by atoms with van der Waals surface area (Å²) in [5, 5.41) is 37.5. The van der Waals surface area contributed by atoms with Crippen LogP contribution in [0.25, 0.3) is 0 Å². The lowest BCUT2D eigenvalue weighted by atomic mass is 10.0. The average Bonchev–Trinajstić information content (AvgIpc) is 2.15. The zero-order chi connectivity index (χ0) is 11.6. The predicted octanol–water partition coefficient (Wildman–Crippen LogP) is 0.521. The summed E-state index contributed by atoms with van der Waals surface area (Å²) in [4.78, 5) is 0.